The number of ether oxygens (including phenoxy) is 3. The molecule has 2 aromatic carbocycles. The van der Waals surface area contributed by atoms with Crippen molar-refractivity contribution in [3.05, 3.63) is 42.0 Å². The first-order chi connectivity index (χ1) is 18.8. The molecule has 9 nitrogen and oxygen atoms in total. The Labute approximate surface area is 230 Å². The fourth-order valence-electron chi connectivity index (χ4n) is 5.84. The molecule has 210 valence electrons. The third-order valence-electron chi connectivity index (χ3n) is 8.10. The summed E-state index contributed by atoms with van der Waals surface area (Å²) < 4.78 is 17.9. The Morgan fingerprint density at radius 1 is 1.05 bits per heavy atom. The molecule has 0 aliphatic carbocycles. The SMILES string of the molecule is CCOc1cc(CN2CC3(CC(N4CCC(C)(C(=O)O)CC4)=NO3)C2)cc(OCC)c1-c1ccccc1OC. The number of likely N-dealkylation sites (tertiary alicyclic amines) is 2. The van der Waals surface area contributed by atoms with E-state index in [0.717, 1.165) is 65.8 Å². The van der Waals surface area contributed by atoms with Gasteiger partial charge < -0.3 is 29.1 Å². The maximum absolute atomic E-state index is 11.6. The lowest BCUT2D eigenvalue weighted by Crippen LogP contribution is -2.61. The van der Waals surface area contributed by atoms with Crippen LogP contribution in [0.3, 0.4) is 0 Å². The van der Waals surface area contributed by atoms with E-state index in [1.165, 1.54) is 0 Å². The molecule has 5 rings (SSSR count). The highest BCUT2D eigenvalue weighted by atomic mass is 16.7. The van der Waals surface area contributed by atoms with Crippen molar-refractivity contribution in [2.75, 3.05) is 46.5 Å². The van der Waals surface area contributed by atoms with E-state index in [1.807, 2.05) is 45.0 Å². The molecule has 0 saturated carbocycles. The van der Waals surface area contributed by atoms with Crippen LogP contribution in [0, 0.1) is 5.41 Å². The van der Waals surface area contributed by atoms with Gasteiger partial charge >= 0.3 is 5.97 Å². The van der Waals surface area contributed by atoms with Crippen LogP contribution >= 0.6 is 0 Å². The van der Waals surface area contributed by atoms with Crippen LogP contribution in [0.1, 0.15) is 45.6 Å². The van der Waals surface area contributed by atoms with E-state index in [9.17, 15) is 9.90 Å². The van der Waals surface area contributed by atoms with Gasteiger partial charge in [0.15, 0.2) is 5.60 Å². The maximum atomic E-state index is 11.6. The number of oxime groups is 1. The minimum Gasteiger partial charge on any atom is -0.496 e. The highest BCUT2D eigenvalue weighted by Gasteiger charge is 2.51. The third kappa shape index (κ3) is 5.37. The predicted molar refractivity (Wildman–Crippen MR) is 148 cm³/mol. The molecule has 0 atom stereocenters. The fourth-order valence-corrected chi connectivity index (χ4v) is 5.84. The normalized spacial score (nSPS) is 19.7. The molecule has 0 amide bonds. The van der Waals surface area contributed by atoms with Crippen molar-refractivity contribution in [1.29, 1.82) is 0 Å². The van der Waals surface area contributed by atoms with E-state index in [-0.39, 0.29) is 5.60 Å². The lowest BCUT2D eigenvalue weighted by atomic mass is 9.80. The topological polar surface area (TPSA) is 93.1 Å². The van der Waals surface area contributed by atoms with Crippen molar-refractivity contribution in [1.82, 2.24) is 9.80 Å². The second-order valence-corrected chi connectivity index (χ2v) is 11.0. The van der Waals surface area contributed by atoms with Crippen LogP contribution in [0.5, 0.6) is 17.2 Å². The van der Waals surface area contributed by atoms with Gasteiger partial charge in [-0.3, -0.25) is 9.69 Å². The van der Waals surface area contributed by atoms with Crippen LogP contribution in [-0.2, 0) is 16.2 Å². The summed E-state index contributed by atoms with van der Waals surface area (Å²) in [6.45, 7) is 10.6. The van der Waals surface area contributed by atoms with Crippen molar-refractivity contribution in [2.24, 2.45) is 10.6 Å². The van der Waals surface area contributed by atoms with Crippen LogP contribution in [-0.4, -0.2) is 78.8 Å². The minimum atomic E-state index is -0.714. The predicted octanol–water partition coefficient (Wildman–Crippen LogP) is 4.63. The summed E-state index contributed by atoms with van der Waals surface area (Å²) in [4.78, 5) is 22.1. The van der Waals surface area contributed by atoms with Gasteiger partial charge in [0, 0.05) is 38.3 Å². The first-order valence-electron chi connectivity index (χ1n) is 13.8. The monoisotopic (exact) mass is 537 g/mol. The Bertz CT molecular complexity index is 1200. The van der Waals surface area contributed by atoms with Crippen LogP contribution in [0.4, 0.5) is 0 Å². The van der Waals surface area contributed by atoms with Crippen molar-refractivity contribution in [3.63, 3.8) is 0 Å². The summed E-state index contributed by atoms with van der Waals surface area (Å²) >= 11 is 0. The molecule has 3 aliphatic heterocycles. The molecule has 0 bridgehead atoms. The Balaban J connectivity index is 1.26. The molecule has 0 radical (unpaired) electrons. The Hall–Kier alpha value is -3.46. The average Bonchev–Trinajstić information content (AvgIpc) is 3.35. The molecule has 39 heavy (non-hydrogen) atoms. The molecule has 2 saturated heterocycles. The van der Waals surface area contributed by atoms with Gasteiger partial charge in [0.2, 0.25) is 0 Å². The molecule has 1 N–H and O–H groups in total. The number of hydrogen-bond acceptors (Lipinski definition) is 8. The molecule has 9 heteroatoms. The second-order valence-electron chi connectivity index (χ2n) is 11.0. The zero-order chi connectivity index (χ0) is 27.6. The number of rotatable bonds is 9. The molecular formula is C30H39N3O6. The maximum Gasteiger partial charge on any atom is 0.309 e. The van der Waals surface area contributed by atoms with E-state index >= 15 is 0 Å². The Morgan fingerprint density at radius 3 is 2.28 bits per heavy atom. The van der Waals surface area contributed by atoms with Gasteiger partial charge in [0.1, 0.15) is 23.1 Å². The van der Waals surface area contributed by atoms with Crippen molar-refractivity contribution >= 4 is 11.8 Å². The van der Waals surface area contributed by atoms with E-state index in [4.69, 9.17) is 19.0 Å². The van der Waals surface area contributed by atoms with Gasteiger partial charge in [-0.25, -0.2) is 0 Å². The number of methoxy groups -OCH3 is 1. The van der Waals surface area contributed by atoms with Gasteiger partial charge in [-0.05, 0) is 57.4 Å². The number of amidine groups is 1. The first kappa shape index (κ1) is 27.1. The smallest absolute Gasteiger partial charge is 0.309 e. The van der Waals surface area contributed by atoms with Crippen LogP contribution in [0.15, 0.2) is 41.6 Å². The van der Waals surface area contributed by atoms with Gasteiger partial charge in [-0.1, -0.05) is 23.4 Å². The van der Waals surface area contributed by atoms with Gasteiger partial charge in [0.25, 0.3) is 0 Å². The highest BCUT2D eigenvalue weighted by molar-refractivity contribution is 5.85. The van der Waals surface area contributed by atoms with Crippen molar-refractivity contribution in [2.45, 2.75) is 52.2 Å². The van der Waals surface area contributed by atoms with E-state index in [1.54, 1.807) is 7.11 Å². The van der Waals surface area contributed by atoms with E-state index in [2.05, 4.69) is 27.1 Å². The number of benzene rings is 2. The van der Waals surface area contributed by atoms with Crippen molar-refractivity contribution in [3.8, 4) is 28.4 Å². The van der Waals surface area contributed by atoms with Gasteiger partial charge in [-0.15, -0.1) is 0 Å². The molecule has 1 spiro atoms. The third-order valence-corrected chi connectivity index (χ3v) is 8.10. The Morgan fingerprint density at radius 2 is 1.69 bits per heavy atom. The summed E-state index contributed by atoms with van der Waals surface area (Å²) in [5.74, 6) is 2.56. The van der Waals surface area contributed by atoms with E-state index in [0.29, 0.717) is 39.1 Å². The summed E-state index contributed by atoms with van der Waals surface area (Å²) in [6, 6.07) is 12.1. The number of carboxylic acid groups (broad SMARTS) is 1. The number of para-hydroxylation sites is 1. The zero-order valence-electron chi connectivity index (χ0n) is 23.4. The summed E-state index contributed by atoms with van der Waals surface area (Å²) in [5, 5.41) is 13.9. The number of carbonyl (C=O) groups is 1. The summed E-state index contributed by atoms with van der Waals surface area (Å²) in [7, 11) is 1.67. The zero-order valence-corrected chi connectivity index (χ0v) is 23.4. The second kappa shape index (κ2) is 11.0. The molecule has 3 heterocycles. The summed E-state index contributed by atoms with van der Waals surface area (Å²) in [6.07, 6.45) is 2.00. The van der Waals surface area contributed by atoms with Crippen LogP contribution < -0.4 is 14.2 Å². The number of hydrogen-bond donors (Lipinski definition) is 1. The fraction of sp³-hybridized carbons (Fsp3) is 0.533. The number of piperidine rings is 1. The quantitative estimate of drug-likeness (QED) is 0.495. The lowest BCUT2D eigenvalue weighted by Gasteiger charge is -2.45. The molecule has 3 aliphatic rings. The lowest BCUT2D eigenvalue weighted by molar-refractivity contribution is -0.150. The van der Waals surface area contributed by atoms with E-state index < -0.39 is 11.4 Å². The largest absolute Gasteiger partial charge is 0.496 e. The molecule has 0 unspecified atom stereocenters. The first-order valence-corrected chi connectivity index (χ1v) is 13.8. The Kier molecular flexibility index (Phi) is 7.62. The molecule has 2 fully saturated rings. The highest BCUT2D eigenvalue weighted by Crippen LogP contribution is 2.45. The molecule has 2 aromatic rings. The number of carboxylic acids is 1. The van der Waals surface area contributed by atoms with Crippen molar-refractivity contribution < 1.29 is 28.9 Å². The standard InChI is InChI=1S/C30H39N3O6/c1-5-37-24-15-21(16-25(38-6-2)27(24)22-9-7-8-10-23(22)36-4)18-32-19-30(20-32)17-26(31-39-30)33-13-11-29(3,12-14-33)28(34)35/h7-10,15-16H,5-6,11-14,17-20H2,1-4H3,(H,34,35). The van der Waals surface area contributed by atoms with Gasteiger partial charge in [0.05, 0.1) is 37.7 Å². The van der Waals surface area contributed by atoms with Gasteiger partial charge in [-0.2, -0.15) is 0 Å². The number of nitrogens with zero attached hydrogens (tertiary/aromatic N) is 3. The molecular weight excluding hydrogens is 498 g/mol. The minimum absolute atomic E-state index is 0.300. The number of aliphatic carboxylic acids is 1. The average molecular weight is 538 g/mol. The summed E-state index contributed by atoms with van der Waals surface area (Å²) in [5.41, 5.74) is 2.00. The van der Waals surface area contributed by atoms with Crippen LogP contribution in [0.2, 0.25) is 0 Å². The van der Waals surface area contributed by atoms with Crippen LogP contribution in [0.25, 0.3) is 11.1 Å². The molecule has 0 aromatic heterocycles.